The molecule has 0 aliphatic carbocycles. The third-order valence-corrected chi connectivity index (χ3v) is 2.07. The molecule has 0 atom stereocenters. The van der Waals surface area contributed by atoms with Crippen LogP contribution in [-0.2, 0) is 6.42 Å². The molecule has 0 saturated heterocycles. The lowest BCUT2D eigenvalue weighted by Gasteiger charge is -2.00. The van der Waals surface area contributed by atoms with Crippen molar-refractivity contribution in [3.05, 3.63) is 36.1 Å². The molecular formula is C10H10N2O3. The van der Waals surface area contributed by atoms with Crippen molar-refractivity contribution in [1.82, 2.24) is 9.55 Å². The van der Waals surface area contributed by atoms with Gasteiger partial charge in [-0.25, -0.2) is 9.78 Å². The molecule has 5 heteroatoms. The summed E-state index contributed by atoms with van der Waals surface area (Å²) in [7, 11) is 0. The Bertz CT molecular complexity index is 484. The number of imidazole rings is 1. The second kappa shape index (κ2) is 3.61. The number of carboxylic acid groups (broad SMARTS) is 1. The van der Waals surface area contributed by atoms with Crippen molar-refractivity contribution >= 4 is 5.97 Å². The van der Waals surface area contributed by atoms with Gasteiger partial charge in [-0.15, -0.1) is 0 Å². The predicted octanol–water partition coefficient (Wildman–Crippen LogP) is 1.73. The first kappa shape index (κ1) is 9.51. The number of aromatic nitrogens is 2. The van der Waals surface area contributed by atoms with Crippen LogP contribution in [-0.4, -0.2) is 20.6 Å². The van der Waals surface area contributed by atoms with Gasteiger partial charge in [0.15, 0.2) is 0 Å². The largest absolute Gasteiger partial charge is 0.475 e. The van der Waals surface area contributed by atoms with E-state index in [4.69, 9.17) is 9.52 Å². The highest BCUT2D eigenvalue weighted by Crippen LogP contribution is 2.15. The number of rotatable bonds is 3. The van der Waals surface area contributed by atoms with E-state index < -0.39 is 5.97 Å². The minimum Gasteiger partial charge on any atom is -0.475 e. The van der Waals surface area contributed by atoms with Crippen LogP contribution < -0.4 is 0 Å². The number of hydrogen-bond acceptors (Lipinski definition) is 3. The molecule has 0 radical (unpaired) electrons. The van der Waals surface area contributed by atoms with Gasteiger partial charge in [-0.2, -0.15) is 0 Å². The highest BCUT2D eigenvalue weighted by atomic mass is 16.4. The van der Waals surface area contributed by atoms with Crippen molar-refractivity contribution in [1.29, 1.82) is 0 Å². The van der Waals surface area contributed by atoms with Crippen LogP contribution in [0.15, 0.2) is 28.9 Å². The number of carboxylic acids is 1. The van der Waals surface area contributed by atoms with E-state index in [0.717, 1.165) is 12.2 Å². The summed E-state index contributed by atoms with van der Waals surface area (Å²) in [5, 5.41) is 8.70. The lowest BCUT2D eigenvalue weighted by Crippen LogP contribution is -1.97. The number of aryl methyl sites for hydroxylation is 1. The molecule has 2 rings (SSSR count). The summed E-state index contributed by atoms with van der Waals surface area (Å²) in [6, 6.07) is 3.04. The zero-order chi connectivity index (χ0) is 10.8. The first-order valence-electron chi connectivity index (χ1n) is 4.58. The molecule has 0 amide bonds. The molecule has 1 N–H and O–H groups in total. The van der Waals surface area contributed by atoms with Gasteiger partial charge >= 0.3 is 5.97 Å². The highest BCUT2D eigenvalue weighted by Gasteiger charge is 2.11. The van der Waals surface area contributed by atoms with Crippen LogP contribution in [0, 0.1) is 0 Å². The Labute approximate surface area is 86.0 Å². The summed E-state index contributed by atoms with van der Waals surface area (Å²) in [5.74, 6) is 0.170. The van der Waals surface area contributed by atoms with E-state index in [2.05, 4.69) is 4.98 Å². The van der Waals surface area contributed by atoms with Crippen molar-refractivity contribution < 1.29 is 14.3 Å². The zero-order valence-electron chi connectivity index (χ0n) is 8.17. The molecule has 0 aliphatic heterocycles. The molecule has 2 aromatic heterocycles. The Kier molecular flexibility index (Phi) is 2.29. The average molecular weight is 206 g/mol. The van der Waals surface area contributed by atoms with E-state index in [1.807, 2.05) is 6.92 Å². The van der Waals surface area contributed by atoms with Crippen LogP contribution in [0.1, 0.15) is 23.3 Å². The molecule has 0 spiro atoms. The van der Waals surface area contributed by atoms with E-state index in [1.54, 1.807) is 23.0 Å². The van der Waals surface area contributed by atoms with Crippen LogP contribution >= 0.6 is 0 Å². The molecule has 5 nitrogen and oxygen atoms in total. The van der Waals surface area contributed by atoms with Crippen molar-refractivity contribution in [2.75, 3.05) is 0 Å². The second-order valence-electron chi connectivity index (χ2n) is 3.01. The molecular weight excluding hydrogens is 196 g/mol. The zero-order valence-corrected chi connectivity index (χ0v) is 8.17. The van der Waals surface area contributed by atoms with Gasteiger partial charge in [0, 0.05) is 24.9 Å². The van der Waals surface area contributed by atoms with Gasteiger partial charge in [-0.3, -0.25) is 4.57 Å². The van der Waals surface area contributed by atoms with Crippen molar-refractivity contribution in [2.45, 2.75) is 13.3 Å². The Morgan fingerprint density at radius 1 is 1.60 bits per heavy atom. The maximum absolute atomic E-state index is 10.6. The third-order valence-electron chi connectivity index (χ3n) is 2.07. The highest BCUT2D eigenvalue weighted by molar-refractivity contribution is 5.84. The van der Waals surface area contributed by atoms with Crippen molar-refractivity contribution in [3.63, 3.8) is 0 Å². The fourth-order valence-electron chi connectivity index (χ4n) is 1.37. The average Bonchev–Trinajstić information content (AvgIpc) is 2.85. The summed E-state index contributed by atoms with van der Waals surface area (Å²) in [6.45, 7) is 1.97. The summed E-state index contributed by atoms with van der Waals surface area (Å²) < 4.78 is 6.88. The molecule has 0 bridgehead atoms. The first-order valence-corrected chi connectivity index (χ1v) is 4.58. The van der Waals surface area contributed by atoms with E-state index in [1.165, 1.54) is 6.07 Å². The van der Waals surface area contributed by atoms with Crippen LogP contribution in [0.5, 0.6) is 0 Å². The number of aromatic carboxylic acids is 1. The summed E-state index contributed by atoms with van der Waals surface area (Å²) >= 11 is 0. The Balaban J connectivity index is 2.41. The molecule has 2 aromatic rings. The van der Waals surface area contributed by atoms with Crippen LogP contribution in [0.4, 0.5) is 0 Å². The molecule has 0 unspecified atom stereocenters. The number of hydrogen-bond donors (Lipinski definition) is 1. The van der Waals surface area contributed by atoms with Gasteiger partial charge in [0.25, 0.3) is 0 Å². The SMILES string of the molecule is CCc1nccn1-c1ccc(C(=O)O)o1. The smallest absolute Gasteiger partial charge is 0.371 e. The van der Waals surface area contributed by atoms with Gasteiger partial charge < -0.3 is 9.52 Å². The lowest BCUT2D eigenvalue weighted by atomic mass is 10.4. The predicted molar refractivity (Wildman–Crippen MR) is 52.2 cm³/mol. The van der Waals surface area contributed by atoms with Crippen LogP contribution in [0.25, 0.3) is 5.88 Å². The van der Waals surface area contributed by atoms with Gasteiger partial charge in [0.05, 0.1) is 0 Å². The van der Waals surface area contributed by atoms with E-state index in [0.29, 0.717) is 5.88 Å². The molecule has 0 fully saturated rings. The van der Waals surface area contributed by atoms with Crippen LogP contribution in [0.2, 0.25) is 0 Å². The molecule has 0 aromatic carbocycles. The van der Waals surface area contributed by atoms with Crippen LogP contribution in [0.3, 0.4) is 0 Å². The Morgan fingerprint density at radius 2 is 2.40 bits per heavy atom. The summed E-state index contributed by atoms with van der Waals surface area (Å²) in [5.41, 5.74) is 0. The van der Waals surface area contributed by atoms with Gasteiger partial charge in [-0.05, 0) is 6.07 Å². The lowest BCUT2D eigenvalue weighted by molar-refractivity contribution is 0.0662. The molecule has 0 saturated carbocycles. The molecule has 15 heavy (non-hydrogen) atoms. The molecule has 2 heterocycles. The van der Waals surface area contributed by atoms with Gasteiger partial charge in [0.2, 0.25) is 11.6 Å². The van der Waals surface area contributed by atoms with Crippen molar-refractivity contribution in [2.24, 2.45) is 0 Å². The van der Waals surface area contributed by atoms with E-state index >= 15 is 0 Å². The maximum Gasteiger partial charge on any atom is 0.371 e. The monoisotopic (exact) mass is 206 g/mol. The summed E-state index contributed by atoms with van der Waals surface area (Å²) in [4.78, 5) is 14.7. The standard InChI is InChI=1S/C10H10N2O3/c1-2-8-11-5-6-12(8)9-4-3-7(15-9)10(13)14/h3-6H,2H2,1H3,(H,13,14). The Hall–Kier alpha value is -2.04. The van der Waals surface area contributed by atoms with Gasteiger partial charge in [0.1, 0.15) is 5.82 Å². The topological polar surface area (TPSA) is 68.3 Å². The number of nitrogens with zero attached hydrogens (tertiary/aromatic N) is 2. The quantitative estimate of drug-likeness (QED) is 0.830. The fourth-order valence-corrected chi connectivity index (χ4v) is 1.37. The van der Waals surface area contributed by atoms with E-state index in [9.17, 15) is 4.79 Å². The third kappa shape index (κ3) is 1.63. The fraction of sp³-hybridized carbons (Fsp3) is 0.200. The minimum absolute atomic E-state index is 0.0687. The normalized spacial score (nSPS) is 10.5. The van der Waals surface area contributed by atoms with Crippen molar-refractivity contribution in [3.8, 4) is 5.88 Å². The summed E-state index contributed by atoms with van der Waals surface area (Å²) in [6.07, 6.45) is 4.15. The van der Waals surface area contributed by atoms with E-state index in [-0.39, 0.29) is 5.76 Å². The Morgan fingerprint density at radius 3 is 3.00 bits per heavy atom. The molecule has 78 valence electrons. The minimum atomic E-state index is -1.07. The number of furan rings is 1. The number of carbonyl (C=O) groups is 1. The van der Waals surface area contributed by atoms with Gasteiger partial charge in [-0.1, -0.05) is 6.92 Å². The second-order valence-corrected chi connectivity index (χ2v) is 3.01. The molecule has 0 aliphatic rings. The first-order chi connectivity index (χ1) is 7.22. The maximum atomic E-state index is 10.6.